The maximum atomic E-state index is 13.1. The number of benzene rings is 1. The molecule has 1 amide bonds. The van der Waals surface area contributed by atoms with Crippen LogP contribution in [0.4, 0.5) is 10.5 Å². The molecule has 0 bridgehead atoms. The van der Waals surface area contributed by atoms with Crippen LogP contribution in [0.25, 0.3) is 0 Å². The highest BCUT2D eigenvalue weighted by molar-refractivity contribution is 6.38. The minimum atomic E-state index is -0.805. The lowest BCUT2D eigenvalue weighted by atomic mass is 10.1. The number of amides is 1. The number of nitrogens with one attached hydrogen (secondary N) is 1. The first kappa shape index (κ1) is 27.3. The van der Waals surface area contributed by atoms with Crippen molar-refractivity contribution in [1.82, 2.24) is 19.9 Å². The molecule has 3 aromatic rings. The summed E-state index contributed by atoms with van der Waals surface area (Å²) in [6.45, 7) is 10.4. The molecule has 1 N–H and O–H groups in total. The number of rotatable bonds is 6. The Bertz CT molecular complexity index is 1400. The van der Waals surface area contributed by atoms with Gasteiger partial charge in [-0.15, -0.1) is 5.10 Å². The first-order valence-electron chi connectivity index (χ1n) is 11.0. The van der Waals surface area contributed by atoms with Crippen molar-refractivity contribution in [3.63, 3.8) is 0 Å². The maximum Gasteiger partial charge on any atom is 0.438 e. The van der Waals surface area contributed by atoms with E-state index in [0.29, 0.717) is 16.8 Å². The first-order valence-corrected chi connectivity index (χ1v) is 11.7. The quantitative estimate of drug-likeness (QED) is 0.466. The number of aromatic amines is 1. The summed E-state index contributed by atoms with van der Waals surface area (Å²) >= 11 is 13.2. The summed E-state index contributed by atoms with van der Waals surface area (Å²) < 4.78 is 17.2. The van der Waals surface area contributed by atoms with Crippen LogP contribution in [0.5, 0.6) is 11.6 Å². The van der Waals surface area contributed by atoms with E-state index < -0.39 is 17.5 Å². The van der Waals surface area contributed by atoms with E-state index in [2.05, 4.69) is 19.8 Å². The van der Waals surface area contributed by atoms with Gasteiger partial charge in [0.1, 0.15) is 5.60 Å². The molecule has 194 valence electrons. The number of hydrogen-bond acceptors (Lipinski definition) is 8. The number of nitrogens with zero attached hydrogens (tertiary/aromatic N) is 4. The second kappa shape index (κ2) is 10.4. The van der Waals surface area contributed by atoms with E-state index in [1.807, 2.05) is 13.8 Å². The molecule has 0 spiro atoms. The number of H-pyrrole nitrogens is 1. The Balaban J connectivity index is 2.06. The molecule has 0 atom stereocenters. The molecule has 36 heavy (non-hydrogen) atoms. The zero-order valence-corrected chi connectivity index (χ0v) is 22.4. The van der Waals surface area contributed by atoms with Gasteiger partial charge in [-0.25, -0.2) is 14.3 Å². The van der Waals surface area contributed by atoms with Gasteiger partial charge in [-0.1, -0.05) is 42.2 Å². The van der Waals surface area contributed by atoms with E-state index >= 15 is 0 Å². The van der Waals surface area contributed by atoms with Crippen LogP contribution in [0.2, 0.25) is 10.0 Å². The Morgan fingerprint density at radius 3 is 2.47 bits per heavy atom. The number of aromatic nitrogens is 4. The highest BCUT2D eigenvalue weighted by Gasteiger charge is 2.29. The molecule has 2 aromatic heterocycles. The van der Waals surface area contributed by atoms with Gasteiger partial charge < -0.3 is 9.47 Å². The van der Waals surface area contributed by atoms with Crippen molar-refractivity contribution in [1.29, 1.82) is 0 Å². The largest absolute Gasteiger partial charge is 0.443 e. The second-order valence-corrected chi connectivity index (χ2v) is 10.2. The minimum absolute atomic E-state index is 0.0607. The van der Waals surface area contributed by atoms with Crippen LogP contribution >= 0.6 is 23.2 Å². The molecular formula is C23H27Cl2N5O6. The lowest BCUT2D eigenvalue weighted by molar-refractivity contribution is 0.0576. The van der Waals surface area contributed by atoms with Crippen molar-refractivity contribution in [3.8, 4) is 11.6 Å². The second-order valence-electron chi connectivity index (χ2n) is 9.38. The number of carbonyl (C=O) groups is 1. The molecule has 13 heteroatoms. The van der Waals surface area contributed by atoms with Crippen molar-refractivity contribution >= 4 is 35.0 Å². The molecule has 3 rings (SSSR count). The van der Waals surface area contributed by atoms with Gasteiger partial charge in [-0.05, 0) is 45.2 Å². The third-order valence-electron chi connectivity index (χ3n) is 4.99. The fourth-order valence-corrected chi connectivity index (χ4v) is 3.79. The zero-order chi connectivity index (χ0) is 26.9. The van der Waals surface area contributed by atoms with E-state index in [1.165, 1.54) is 28.8 Å². The van der Waals surface area contributed by atoms with Gasteiger partial charge in [0.25, 0.3) is 5.56 Å². The number of anilines is 1. The Morgan fingerprint density at radius 2 is 1.92 bits per heavy atom. The molecule has 11 nitrogen and oxygen atoms in total. The van der Waals surface area contributed by atoms with Crippen LogP contribution < -0.4 is 21.0 Å². The lowest BCUT2D eigenvalue weighted by Gasteiger charge is -2.28. The topological polar surface area (TPSA) is 133 Å². The molecule has 2 heterocycles. The van der Waals surface area contributed by atoms with Crippen LogP contribution in [0.3, 0.4) is 0 Å². The average Bonchev–Trinajstić information content (AvgIpc) is 3.17. The minimum Gasteiger partial charge on any atom is -0.443 e. The van der Waals surface area contributed by atoms with Crippen LogP contribution in [-0.4, -0.2) is 31.6 Å². The summed E-state index contributed by atoms with van der Waals surface area (Å²) in [5.74, 6) is -0.514. The summed E-state index contributed by atoms with van der Waals surface area (Å²) in [4.78, 5) is 40.5. The Morgan fingerprint density at radius 1 is 1.25 bits per heavy atom. The van der Waals surface area contributed by atoms with E-state index in [1.54, 1.807) is 27.7 Å². The van der Waals surface area contributed by atoms with Crippen LogP contribution in [0.1, 0.15) is 57.5 Å². The van der Waals surface area contributed by atoms with E-state index in [0.717, 1.165) is 0 Å². The van der Waals surface area contributed by atoms with Crippen LogP contribution in [0.15, 0.2) is 26.2 Å². The van der Waals surface area contributed by atoms with Crippen molar-refractivity contribution < 1.29 is 18.8 Å². The molecule has 0 radical (unpaired) electrons. The predicted molar refractivity (Wildman–Crippen MR) is 134 cm³/mol. The smallest absolute Gasteiger partial charge is 0.438 e. The Kier molecular flexibility index (Phi) is 7.85. The summed E-state index contributed by atoms with van der Waals surface area (Å²) in [5, 5.41) is 7.95. The first-order chi connectivity index (χ1) is 16.7. The molecule has 0 aliphatic rings. The number of aryl methyl sites for hydroxylation is 1. The molecule has 0 aliphatic carbocycles. The monoisotopic (exact) mass is 539 g/mol. The number of carbonyl (C=O) groups excluding carboxylic acids is 1. The van der Waals surface area contributed by atoms with Gasteiger partial charge in [0.2, 0.25) is 5.88 Å². The highest BCUT2D eigenvalue weighted by atomic mass is 35.5. The van der Waals surface area contributed by atoms with Gasteiger partial charge in [0.15, 0.2) is 11.6 Å². The third-order valence-corrected chi connectivity index (χ3v) is 5.72. The molecule has 0 saturated carbocycles. The predicted octanol–water partition coefficient (Wildman–Crippen LogP) is 4.93. The average molecular weight is 540 g/mol. The van der Waals surface area contributed by atoms with E-state index in [9.17, 15) is 14.4 Å². The van der Waals surface area contributed by atoms with Crippen molar-refractivity contribution in [3.05, 3.63) is 60.0 Å². The molecule has 0 saturated heterocycles. The summed E-state index contributed by atoms with van der Waals surface area (Å²) in [6.07, 6.45) is -0.725. The molecule has 0 unspecified atom stereocenters. The van der Waals surface area contributed by atoms with Crippen molar-refractivity contribution in [2.75, 3.05) is 4.90 Å². The van der Waals surface area contributed by atoms with Gasteiger partial charge in [0, 0.05) is 18.7 Å². The number of ether oxygens (including phenoxy) is 2. The van der Waals surface area contributed by atoms with E-state index in [4.69, 9.17) is 32.7 Å². The lowest BCUT2D eigenvalue weighted by Crippen LogP contribution is -2.37. The van der Waals surface area contributed by atoms with Crippen LogP contribution in [0, 0.1) is 6.92 Å². The number of halogens is 2. The van der Waals surface area contributed by atoms with Gasteiger partial charge >= 0.3 is 11.8 Å². The molecule has 1 aromatic carbocycles. The van der Waals surface area contributed by atoms with Gasteiger partial charge in [-0.3, -0.25) is 19.2 Å². The zero-order valence-electron chi connectivity index (χ0n) is 20.9. The summed E-state index contributed by atoms with van der Waals surface area (Å²) in [5.41, 5.74) is 0.203. The summed E-state index contributed by atoms with van der Waals surface area (Å²) in [6, 6.07) is 3.02. The highest BCUT2D eigenvalue weighted by Crippen LogP contribution is 2.43. The Hall–Kier alpha value is -3.31. The van der Waals surface area contributed by atoms with Crippen molar-refractivity contribution in [2.24, 2.45) is 7.05 Å². The summed E-state index contributed by atoms with van der Waals surface area (Å²) in [7, 11) is 1.52. The Labute approximate surface area is 216 Å². The third kappa shape index (κ3) is 6.08. The molecule has 0 aliphatic heterocycles. The number of hydrogen-bond donors (Lipinski definition) is 1. The van der Waals surface area contributed by atoms with E-state index in [-0.39, 0.29) is 45.5 Å². The maximum absolute atomic E-state index is 13.1. The molecular weight excluding hydrogens is 513 g/mol. The van der Waals surface area contributed by atoms with Crippen LogP contribution in [-0.2, 0) is 18.3 Å². The fraction of sp³-hybridized carbons (Fsp3) is 0.435. The fourth-order valence-electron chi connectivity index (χ4n) is 3.27. The normalized spacial score (nSPS) is 11.6. The van der Waals surface area contributed by atoms with Gasteiger partial charge in [-0.2, -0.15) is 0 Å². The molecule has 0 fully saturated rings. The van der Waals surface area contributed by atoms with Crippen molar-refractivity contribution in [2.45, 2.75) is 59.6 Å². The SMILES string of the molecule is Cc1c(N(Cc2noc(=O)[nH]2)C(=O)OC(C)(C)C)cc(Cl)c(Oc2cc(C(C)C)c(=O)n(C)n2)c1Cl. The van der Waals surface area contributed by atoms with Gasteiger partial charge in [0.05, 0.1) is 22.3 Å². The standard InChI is InChI=1S/C23H27Cl2N5O6/c1-11(2)13-8-17(27-29(7)20(13)31)34-19-14(24)9-15(12(3)18(19)25)30(22(33)35-23(4,5)6)10-16-26-21(32)36-28-16/h8-9,11H,10H2,1-7H3,(H,26,28,32).